The Morgan fingerprint density at radius 3 is 1.10 bits per heavy atom. The van der Waals surface area contributed by atoms with Crippen LogP contribution >= 0.6 is 0 Å². The first kappa shape index (κ1) is 45.0. The van der Waals surface area contributed by atoms with Crippen LogP contribution in [-0.2, 0) is 36.2 Å². The first-order chi connectivity index (χ1) is 24.4. The van der Waals surface area contributed by atoms with Crippen molar-refractivity contribution < 1.29 is 33.5 Å². The van der Waals surface area contributed by atoms with E-state index < -0.39 is 0 Å². The molecule has 0 saturated heterocycles. The zero-order chi connectivity index (χ0) is 39.3. The Morgan fingerprint density at radius 2 is 0.846 bits per heavy atom. The minimum absolute atomic E-state index is 0.172. The van der Waals surface area contributed by atoms with Gasteiger partial charge in [-0.15, -0.1) is 80.6 Å². The van der Waals surface area contributed by atoms with Gasteiger partial charge in [0.05, 0.1) is 0 Å². The second-order valence-corrected chi connectivity index (χ2v) is 24.3. The summed E-state index contributed by atoms with van der Waals surface area (Å²) in [6, 6.07) is 30.2. The van der Waals surface area contributed by atoms with E-state index in [0.29, 0.717) is 11.8 Å². The third-order valence-electron chi connectivity index (χ3n) is 8.96. The summed E-state index contributed by atoms with van der Waals surface area (Å²) in [5, 5.41) is 27.9. The summed E-state index contributed by atoms with van der Waals surface area (Å²) in [5.41, 5.74) is 11.8. The zero-order valence-corrected chi connectivity index (χ0v) is 37.9. The van der Waals surface area contributed by atoms with Crippen molar-refractivity contribution in [3.63, 3.8) is 0 Å². The Bertz CT molecular complexity index is 1850. The van der Waals surface area contributed by atoms with Gasteiger partial charge in [-0.05, 0) is 66.2 Å². The Morgan fingerprint density at radius 1 is 0.558 bits per heavy atom. The molecule has 0 bridgehead atoms. The molecule has 0 saturated carbocycles. The number of benzene rings is 4. The third-order valence-corrected chi connectivity index (χ3v) is 8.96. The first-order valence-electron chi connectivity index (χ1n) is 18.8. The van der Waals surface area contributed by atoms with Gasteiger partial charge in [-0.2, -0.15) is 12.1 Å². The van der Waals surface area contributed by atoms with Crippen LogP contribution in [0.4, 0.5) is 0 Å². The minimum Gasteiger partial charge on any atom is -0.872 e. The predicted octanol–water partition coefficient (Wildman–Crippen LogP) is 12.6. The maximum atomic E-state index is 11.1. The molecule has 6 aromatic rings. The summed E-state index contributed by atoms with van der Waals surface area (Å²) in [6.07, 6.45) is 2.26. The van der Waals surface area contributed by atoms with Crippen molar-refractivity contribution in [2.45, 2.75) is 121 Å². The molecule has 52 heavy (non-hydrogen) atoms. The van der Waals surface area contributed by atoms with E-state index in [0.717, 1.165) is 46.2 Å². The molecule has 0 aliphatic carbocycles. The van der Waals surface area contributed by atoms with Crippen LogP contribution in [0.2, 0.25) is 13.1 Å². The molecule has 4 heteroatoms. The molecule has 0 atom stereocenters. The quantitative estimate of drug-likeness (QED) is 0.132. The maximum absolute atomic E-state index is 11.1. The summed E-state index contributed by atoms with van der Waals surface area (Å²) in [6.45, 7) is 29.5. The van der Waals surface area contributed by atoms with Crippen molar-refractivity contribution in [2.75, 3.05) is 0 Å². The number of fused-ring (bicyclic) bond motifs is 2. The largest absolute Gasteiger partial charge is 0.872 e. The molecule has 0 aliphatic rings. The molecule has 6 aromatic carbocycles. The molecule has 0 radical (unpaired) electrons. The van der Waals surface area contributed by atoms with E-state index in [9.17, 15) is 10.2 Å². The van der Waals surface area contributed by atoms with Crippen molar-refractivity contribution in [3.05, 3.63) is 141 Å². The smallest absolute Gasteiger partial charge is 0.0398 e. The molecule has 6 rings (SSSR count). The SMILES string of the molecule is CCc1cc2c(C(C)C)cccc2[cH-]1.CCc1cc2c(C(C)C)cccc2[cH-]1.C[Si](C)=[Zr+2].Cc1cc(C)c([O-])c(C)c1.Cc1cc(C)c([O-])c(C)c1. The van der Waals surface area contributed by atoms with Gasteiger partial charge in [-0.3, -0.25) is 0 Å². The van der Waals surface area contributed by atoms with Gasteiger partial charge in [0.1, 0.15) is 0 Å². The molecule has 2 nitrogen and oxygen atoms in total. The van der Waals surface area contributed by atoms with E-state index in [2.05, 4.69) is 115 Å². The summed E-state index contributed by atoms with van der Waals surface area (Å²) in [5.74, 6) is 1.58. The van der Waals surface area contributed by atoms with E-state index in [1.54, 1.807) is 23.3 Å². The van der Waals surface area contributed by atoms with Gasteiger partial charge in [0.2, 0.25) is 0 Å². The second-order valence-electron chi connectivity index (χ2n) is 14.9. The second kappa shape index (κ2) is 21.5. The van der Waals surface area contributed by atoms with Crippen molar-refractivity contribution in [3.8, 4) is 11.5 Å². The van der Waals surface area contributed by atoms with Gasteiger partial charge in [0, 0.05) is 0 Å². The van der Waals surface area contributed by atoms with Crippen LogP contribution in [0, 0.1) is 41.5 Å². The molecule has 0 spiro atoms. The molecule has 0 aromatic heterocycles. The van der Waals surface area contributed by atoms with E-state index in [4.69, 9.17) is 0 Å². The molecule has 0 amide bonds. The summed E-state index contributed by atoms with van der Waals surface area (Å²) < 4.78 is 0. The number of hydrogen-bond donors (Lipinski definition) is 0. The Balaban J connectivity index is 0.000000235. The monoisotopic (exact) mass is 788 g/mol. The molecule has 276 valence electrons. The summed E-state index contributed by atoms with van der Waals surface area (Å²) in [7, 11) is 0. The van der Waals surface area contributed by atoms with Gasteiger partial charge in [0.15, 0.2) is 0 Å². The van der Waals surface area contributed by atoms with Crippen LogP contribution in [0.1, 0.15) is 109 Å². The average molecular weight is 790 g/mol. The van der Waals surface area contributed by atoms with Crippen molar-refractivity contribution in [1.29, 1.82) is 0 Å². The molecule has 0 aliphatic heterocycles. The fourth-order valence-electron chi connectivity index (χ4n) is 6.39. The van der Waals surface area contributed by atoms with Crippen LogP contribution < -0.4 is 10.2 Å². The fraction of sp³-hybridized carbons (Fsp3) is 0.375. The number of rotatable bonds is 4. The molecule has 0 N–H and O–H groups in total. The fourth-order valence-corrected chi connectivity index (χ4v) is 6.39. The third kappa shape index (κ3) is 13.7. The van der Waals surface area contributed by atoms with E-state index in [1.807, 2.05) is 65.8 Å². The molecule has 0 heterocycles. The van der Waals surface area contributed by atoms with Crippen molar-refractivity contribution in [2.24, 2.45) is 0 Å². The van der Waals surface area contributed by atoms with E-state index >= 15 is 0 Å². The van der Waals surface area contributed by atoms with Crippen molar-refractivity contribution in [1.82, 2.24) is 0 Å². The van der Waals surface area contributed by atoms with Gasteiger partial charge in [-0.25, -0.2) is 0 Å². The van der Waals surface area contributed by atoms with Crippen LogP contribution in [0.3, 0.4) is 0 Å². The van der Waals surface area contributed by atoms with Crippen LogP contribution in [0.5, 0.6) is 11.5 Å². The molecule has 0 unspecified atom stereocenters. The zero-order valence-electron chi connectivity index (χ0n) is 34.5. The van der Waals surface area contributed by atoms with Gasteiger partial charge < -0.3 is 10.2 Å². The van der Waals surface area contributed by atoms with Gasteiger partial charge in [0.25, 0.3) is 0 Å². The Hall–Kier alpha value is -3.20. The minimum atomic E-state index is 0.172. The molecular weight excluding hydrogens is 728 g/mol. The van der Waals surface area contributed by atoms with E-state index in [-0.39, 0.29) is 16.9 Å². The molecular formula is C48H62O2SiZr-2. The first-order valence-corrected chi connectivity index (χ1v) is 25.0. The van der Waals surface area contributed by atoms with Crippen LogP contribution in [-0.4, -0.2) is 5.43 Å². The Kier molecular flexibility index (Phi) is 18.6. The van der Waals surface area contributed by atoms with Crippen molar-refractivity contribution >= 4 is 27.0 Å². The average Bonchev–Trinajstić information content (AvgIpc) is 3.70. The summed E-state index contributed by atoms with van der Waals surface area (Å²) in [4.78, 5) is 0. The van der Waals surface area contributed by atoms with Crippen LogP contribution in [0.25, 0.3) is 21.5 Å². The van der Waals surface area contributed by atoms with Gasteiger partial charge in [-0.1, -0.05) is 122 Å². The predicted molar refractivity (Wildman–Crippen MR) is 224 cm³/mol. The summed E-state index contributed by atoms with van der Waals surface area (Å²) >= 11 is 1.74. The normalized spacial score (nSPS) is 10.5. The van der Waals surface area contributed by atoms with Gasteiger partial charge >= 0.3 is 41.9 Å². The standard InChI is InChI=1S/2C14H17.2C9H12O.C2H6Si.Zr/c2*1-4-11-8-12-6-5-7-13(10(2)3)14(12)9-11;2*1-6-4-7(2)9(10)8(3)5-6;1-3-2;/h2*5-10H,4H2,1-3H3;2*4-5,10H,1-3H3;1-2H3;/q2*-1;;;;+2/p-2. The number of hydrogen-bond acceptors (Lipinski definition) is 2. The van der Waals surface area contributed by atoms with Crippen LogP contribution in [0.15, 0.2) is 84.9 Å². The number of aryl methyl sites for hydroxylation is 8. The topological polar surface area (TPSA) is 46.1 Å². The molecule has 0 fully saturated rings. The Labute approximate surface area is 331 Å². The van der Waals surface area contributed by atoms with E-state index in [1.165, 1.54) is 43.8 Å². The maximum Gasteiger partial charge on any atom is -0.0398 e.